The third-order valence-electron chi connectivity index (χ3n) is 3.16. The van der Waals surface area contributed by atoms with E-state index >= 15 is 0 Å². The molecule has 0 heterocycles. The molecule has 1 atom stereocenters. The van der Waals surface area contributed by atoms with Crippen LogP contribution in [0.4, 0.5) is 4.39 Å². The Kier molecular flexibility index (Phi) is 4.61. The summed E-state index contributed by atoms with van der Waals surface area (Å²) in [5, 5.41) is 3.27. The van der Waals surface area contributed by atoms with E-state index in [1.807, 2.05) is 38.2 Å². The van der Waals surface area contributed by atoms with Gasteiger partial charge in [-0.05, 0) is 47.1 Å². The van der Waals surface area contributed by atoms with E-state index in [1.165, 1.54) is 0 Å². The molecule has 100 valence electrons. The lowest BCUT2D eigenvalue weighted by atomic mass is 9.95. The lowest BCUT2D eigenvalue weighted by Crippen LogP contribution is -2.20. The van der Waals surface area contributed by atoms with Gasteiger partial charge in [0.25, 0.3) is 0 Å². The van der Waals surface area contributed by atoms with E-state index in [0.717, 1.165) is 11.1 Å². The van der Waals surface area contributed by atoms with Crippen LogP contribution in [0.2, 0.25) is 5.02 Å². The van der Waals surface area contributed by atoms with Crippen LogP contribution in [0.3, 0.4) is 0 Å². The first-order chi connectivity index (χ1) is 9.06. The van der Waals surface area contributed by atoms with Crippen LogP contribution < -0.4 is 5.32 Å². The summed E-state index contributed by atoms with van der Waals surface area (Å²) in [6.45, 7) is 2.01. The lowest BCUT2D eigenvalue weighted by Gasteiger charge is -2.20. The fraction of sp³-hybridized carbons (Fsp3) is 0.200. The van der Waals surface area contributed by atoms with Gasteiger partial charge in [-0.1, -0.05) is 41.9 Å². The molecular formula is C15H14BrClFN. The number of nitrogens with one attached hydrogen (secondary N) is 1. The molecule has 0 bridgehead atoms. The Hall–Kier alpha value is -0.900. The van der Waals surface area contributed by atoms with Crippen molar-refractivity contribution in [2.45, 2.75) is 13.0 Å². The van der Waals surface area contributed by atoms with Gasteiger partial charge >= 0.3 is 0 Å². The Bertz CT molecular complexity index is 601. The molecule has 0 spiro atoms. The first-order valence-electron chi connectivity index (χ1n) is 5.92. The molecule has 19 heavy (non-hydrogen) atoms. The Morgan fingerprint density at radius 1 is 1.16 bits per heavy atom. The molecule has 0 aromatic heterocycles. The highest BCUT2D eigenvalue weighted by molar-refractivity contribution is 9.10. The van der Waals surface area contributed by atoms with Crippen molar-refractivity contribution in [1.29, 1.82) is 0 Å². The summed E-state index contributed by atoms with van der Waals surface area (Å²) in [6, 6.07) is 11.2. The topological polar surface area (TPSA) is 12.0 Å². The molecule has 0 aliphatic heterocycles. The van der Waals surface area contributed by atoms with Crippen molar-refractivity contribution in [2.24, 2.45) is 0 Å². The minimum Gasteiger partial charge on any atom is -0.309 e. The molecule has 0 amide bonds. The van der Waals surface area contributed by atoms with Gasteiger partial charge in [0.15, 0.2) is 0 Å². The van der Waals surface area contributed by atoms with Crippen molar-refractivity contribution in [1.82, 2.24) is 5.32 Å². The van der Waals surface area contributed by atoms with Crippen LogP contribution in [0.15, 0.2) is 40.9 Å². The van der Waals surface area contributed by atoms with E-state index in [0.29, 0.717) is 10.0 Å². The Balaban J connectivity index is 2.55. The summed E-state index contributed by atoms with van der Waals surface area (Å²) < 4.78 is 14.9. The summed E-state index contributed by atoms with van der Waals surface area (Å²) in [5.74, 6) is -0.390. The number of rotatable bonds is 3. The van der Waals surface area contributed by atoms with Crippen molar-refractivity contribution < 1.29 is 4.39 Å². The van der Waals surface area contributed by atoms with Gasteiger partial charge in [-0.25, -0.2) is 4.39 Å². The summed E-state index contributed by atoms with van der Waals surface area (Å²) in [5.41, 5.74) is 2.70. The fourth-order valence-corrected chi connectivity index (χ4v) is 2.63. The van der Waals surface area contributed by atoms with E-state index in [9.17, 15) is 4.39 Å². The van der Waals surface area contributed by atoms with Gasteiger partial charge in [0.05, 0.1) is 11.1 Å². The number of halogens is 3. The van der Waals surface area contributed by atoms with Crippen LogP contribution >= 0.6 is 27.5 Å². The monoisotopic (exact) mass is 341 g/mol. The highest BCUT2D eigenvalue weighted by Crippen LogP contribution is 2.33. The van der Waals surface area contributed by atoms with Crippen molar-refractivity contribution in [2.75, 3.05) is 7.05 Å². The van der Waals surface area contributed by atoms with Crippen LogP contribution in [-0.2, 0) is 0 Å². The maximum atomic E-state index is 14.3. The molecule has 2 rings (SSSR count). The molecule has 2 aromatic rings. The van der Waals surface area contributed by atoms with Gasteiger partial charge in [0.2, 0.25) is 0 Å². The maximum absolute atomic E-state index is 14.3. The van der Waals surface area contributed by atoms with E-state index in [2.05, 4.69) is 21.2 Å². The highest BCUT2D eigenvalue weighted by atomic mass is 79.9. The van der Waals surface area contributed by atoms with E-state index in [-0.39, 0.29) is 11.1 Å². The van der Waals surface area contributed by atoms with E-state index < -0.39 is 5.82 Å². The van der Waals surface area contributed by atoms with Crippen LogP contribution in [0, 0.1) is 12.7 Å². The molecule has 1 unspecified atom stereocenters. The predicted molar refractivity (Wildman–Crippen MR) is 81.2 cm³/mol. The third kappa shape index (κ3) is 2.83. The van der Waals surface area contributed by atoms with Crippen molar-refractivity contribution in [3.8, 4) is 0 Å². The highest BCUT2D eigenvalue weighted by Gasteiger charge is 2.20. The molecule has 0 aliphatic carbocycles. The number of hydrogen-bond donors (Lipinski definition) is 1. The van der Waals surface area contributed by atoms with Gasteiger partial charge in [-0.2, -0.15) is 0 Å². The molecule has 0 aliphatic rings. The molecular weight excluding hydrogens is 329 g/mol. The molecule has 1 nitrogen and oxygen atoms in total. The normalized spacial score (nSPS) is 12.5. The van der Waals surface area contributed by atoms with Crippen LogP contribution in [0.1, 0.15) is 22.7 Å². The molecule has 4 heteroatoms. The summed E-state index contributed by atoms with van der Waals surface area (Å²) in [4.78, 5) is 0. The van der Waals surface area contributed by atoms with Crippen LogP contribution in [0.25, 0.3) is 0 Å². The van der Waals surface area contributed by atoms with Gasteiger partial charge in [0, 0.05) is 10.0 Å². The van der Waals surface area contributed by atoms with Crippen LogP contribution in [0.5, 0.6) is 0 Å². The van der Waals surface area contributed by atoms with E-state index in [1.54, 1.807) is 12.1 Å². The summed E-state index contributed by atoms with van der Waals surface area (Å²) in [6.07, 6.45) is 0. The lowest BCUT2D eigenvalue weighted by molar-refractivity contribution is 0.575. The zero-order valence-electron chi connectivity index (χ0n) is 10.7. The molecule has 0 radical (unpaired) electrons. The Labute approximate surface area is 125 Å². The minimum atomic E-state index is -0.390. The second kappa shape index (κ2) is 6.04. The van der Waals surface area contributed by atoms with Gasteiger partial charge in [-0.15, -0.1) is 0 Å². The van der Waals surface area contributed by atoms with Gasteiger partial charge < -0.3 is 5.32 Å². The fourth-order valence-electron chi connectivity index (χ4n) is 2.15. The average molecular weight is 343 g/mol. The number of benzene rings is 2. The first kappa shape index (κ1) is 14.5. The van der Waals surface area contributed by atoms with E-state index in [4.69, 9.17) is 11.6 Å². The predicted octanol–water partition coefficient (Wildman–Crippen LogP) is 4.86. The first-order valence-corrected chi connectivity index (χ1v) is 7.09. The average Bonchev–Trinajstić information content (AvgIpc) is 2.41. The maximum Gasteiger partial charge on any atom is 0.148 e. The minimum absolute atomic E-state index is 0.117. The molecule has 0 fully saturated rings. The van der Waals surface area contributed by atoms with Gasteiger partial charge in [0.1, 0.15) is 5.82 Å². The Morgan fingerprint density at radius 2 is 1.84 bits per heavy atom. The smallest absolute Gasteiger partial charge is 0.148 e. The standard InChI is InChI=1S/C15H14BrClFN/c1-9-5-3-4-6-10(9)15(19-2)11-7-8-12(16)13(17)14(11)18/h3-8,15,19H,1-2H3. The summed E-state index contributed by atoms with van der Waals surface area (Å²) >= 11 is 9.19. The zero-order valence-corrected chi connectivity index (χ0v) is 13.0. The second-order valence-corrected chi connectivity index (χ2v) is 5.58. The SMILES string of the molecule is CNC(c1ccccc1C)c1ccc(Br)c(Cl)c1F. The molecule has 0 saturated heterocycles. The summed E-state index contributed by atoms with van der Waals surface area (Å²) in [7, 11) is 1.81. The molecule has 0 saturated carbocycles. The second-order valence-electron chi connectivity index (χ2n) is 4.34. The number of hydrogen-bond acceptors (Lipinski definition) is 1. The van der Waals surface area contributed by atoms with Gasteiger partial charge in [-0.3, -0.25) is 0 Å². The zero-order chi connectivity index (χ0) is 14.0. The van der Waals surface area contributed by atoms with Crippen LogP contribution in [-0.4, -0.2) is 7.05 Å². The molecule has 2 aromatic carbocycles. The quantitative estimate of drug-likeness (QED) is 0.786. The van der Waals surface area contributed by atoms with Crippen molar-refractivity contribution in [3.63, 3.8) is 0 Å². The largest absolute Gasteiger partial charge is 0.309 e. The Morgan fingerprint density at radius 3 is 2.47 bits per heavy atom. The molecule has 1 N–H and O–H groups in total. The third-order valence-corrected chi connectivity index (χ3v) is 4.42. The number of aryl methyl sites for hydroxylation is 1. The van der Waals surface area contributed by atoms with Crippen molar-refractivity contribution in [3.05, 3.63) is 68.4 Å². The van der Waals surface area contributed by atoms with Crippen molar-refractivity contribution >= 4 is 27.5 Å².